The quantitative estimate of drug-likeness (QED) is 0.323. The van der Waals surface area contributed by atoms with E-state index in [1.165, 1.54) is 6.92 Å². The van der Waals surface area contributed by atoms with Crippen molar-refractivity contribution >= 4 is 5.91 Å². The first-order valence-electron chi connectivity index (χ1n) is 8.18. The third-order valence-electron chi connectivity index (χ3n) is 4.52. The Kier molecular flexibility index (Phi) is 6.74. The predicted octanol–water partition coefficient (Wildman–Crippen LogP) is -1.62. The van der Waals surface area contributed by atoms with Crippen LogP contribution in [0.5, 0.6) is 5.75 Å². The molecule has 25 heavy (non-hydrogen) atoms. The number of carbonyl (C=O) groups excluding carboxylic acids is 1. The molecule has 1 aliphatic rings. The minimum absolute atomic E-state index is 0.0971. The largest absolute Gasteiger partial charge is 0.465 e. The molecule has 0 saturated heterocycles. The van der Waals surface area contributed by atoms with Crippen molar-refractivity contribution in [1.29, 1.82) is 0 Å². The molecule has 140 valence electrons. The first-order valence-corrected chi connectivity index (χ1v) is 8.18. The fourth-order valence-electron chi connectivity index (χ4n) is 3.06. The summed E-state index contributed by atoms with van der Waals surface area (Å²) in [6, 6.07) is 6.80. The third kappa shape index (κ3) is 4.68. The molecule has 2 rings (SSSR count). The van der Waals surface area contributed by atoms with E-state index in [-0.39, 0.29) is 5.91 Å². The van der Waals surface area contributed by atoms with E-state index in [2.05, 4.69) is 5.32 Å². The van der Waals surface area contributed by atoms with Crippen molar-refractivity contribution in [2.24, 2.45) is 11.8 Å². The van der Waals surface area contributed by atoms with Gasteiger partial charge < -0.3 is 35.6 Å². The molecule has 0 bridgehead atoms. The van der Waals surface area contributed by atoms with Gasteiger partial charge in [-0.2, -0.15) is 0 Å². The van der Waals surface area contributed by atoms with Crippen LogP contribution in [0.1, 0.15) is 12.5 Å². The summed E-state index contributed by atoms with van der Waals surface area (Å²) >= 11 is 0. The van der Waals surface area contributed by atoms with Gasteiger partial charge in [-0.15, -0.1) is 0 Å². The normalized spacial score (nSPS) is 30.1. The highest BCUT2D eigenvalue weighted by Crippen LogP contribution is 2.35. The lowest BCUT2D eigenvalue weighted by atomic mass is 10.00. The molecule has 1 fully saturated rings. The average Bonchev–Trinajstić information content (AvgIpc) is 2.78. The number of hydrogen-bond donors (Lipinski definition) is 6. The maximum Gasteiger partial charge on any atom is 0.216 e. The minimum atomic E-state index is -1.54. The van der Waals surface area contributed by atoms with Gasteiger partial charge in [0.15, 0.2) is 0 Å². The van der Waals surface area contributed by atoms with Crippen LogP contribution in [0.25, 0.3) is 0 Å². The lowest BCUT2D eigenvalue weighted by Gasteiger charge is -2.25. The average molecular weight is 355 g/mol. The molecule has 1 saturated carbocycles. The number of carbonyl (C=O) groups is 1. The van der Waals surface area contributed by atoms with Crippen LogP contribution in [-0.4, -0.2) is 69.2 Å². The summed E-state index contributed by atoms with van der Waals surface area (Å²) in [4.78, 5) is 10.8. The maximum atomic E-state index is 10.8. The number of aliphatic hydroxyl groups excluding tert-OH is 5. The zero-order valence-electron chi connectivity index (χ0n) is 13.9. The van der Waals surface area contributed by atoms with Gasteiger partial charge in [-0.3, -0.25) is 4.79 Å². The molecule has 1 aromatic carbocycles. The van der Waals surface area contributed by atoms with Crippen LogP contribution in [0, 0.1) is 11.8 Å². The number of nitrogens with one attached hydrogen (secondary N) is 1. The first-order chi connectivity index (χ1) is 11.8. The predicted molar refractivity (Wildman–Crippen MR) is 87.6 cm³/mol. The Morgan fingerprint density at radius 2 is 1.80 bits per heavy atom. The van der Waals surface area contributed by atoms with Gasteiger partial charge in [0.2, 0.25) is 12.2 Å². The van der Waals surface area contributed by atoms with E-state index < -0.39 is 43.0 Å². The smallest absolute Gasteiger partial charge is 0.216 e. The second-order valence-electron chi connectivity index (χ2n) is 6.28. The monoisotopic (exact) mass is 355 g/mol. The summed E-state index contributed by atoms with van der Waals surface area (Å²) in [5, 5.41) is 51.9. The molecule has 0 aromatic heterocycles. The fourth-order valence-corrected chi connectivity index (χ4v) is 3.06. The molecule has 0 spiro atoms. The zero-order valence-corrected chi connectivity index (χ0v) is 13.9. The van der Waals surface area contributed by atoms with Gasteiger partial charge in [-0.25, -0.2) is 0 Å². The molecule has 8 heteroatoms. The second-order valence-corrected chi connectivity index (χ2v) is 6.28. The summed E-state index contributed by atoms with van der Waals surface area (Å²) in [5.74, 6) is -1.83. The fraction of sp³-hybridized carbons (Fsp3) is 0.588. The highest BCUT2D eigenvalue weighted by Gasteiger charge is 2.52. The van der Waals surface area contributed by atoms with Gasteiger partial charge in [0.1, 0.15) is 5.75 Å². The molecule has 6 atom stereocenters. The molecular formula is C17H25NO7. The number of benzene rings is 1. The third-order valence-corrected chi connectivity index (χ3v) is 4.52. The van der Waals surface area contributed by atoms with Crippen LogP contribution in [-0.2, 0) is 11.2 Å². The highest BCUT2D eigenvalue weighted by atomic mass is 16.6. The topological polar surface area (TPSA) is 139 Å². The minimum Gasteiger partial charge on any atom is -0.465 e. The van der Waals surface area contributed by atoms with E-state index in [1.54, 1.807) is 24.3 Å². The van der Waals surface area contributed by atoms with Crippen molar-refractivity contribution < 1.29 is 35.1 Å². The zero-order chi connectivity index (χ0) is 18.6. The maximum absolute atomic E-state index is 10.8. The summed E-state index contributed by atoms with van der Waals surface area (Å²) in [6.45, 7) is 1.45. The van der Waals surface area contributed by atoms with E-state index in [0.29, 0.717) is 18.7 Å². The Morgan fingerprint density at radius 3 is 2.32 bits per heavy atom. The van der Waals surface area contributed by atoms with Crippen LogP contribution in [0.2, 0.25) is 0 Å². The van der Waals surface area contributed by atoms with Crippen LogP contribution in [0.3, 0.4) is 0 Å². The van der Waals surface area contributed by atoms with Gasteiger partial charge in [0.05, 0.1) is 30.8 Å². The van der Waals surface area contributed by atoms with E-state index in [1.807, 2.05) is 0 Å². The first kappa shape index (κ1) is 19.6. The van der Waals surface area contributed by atoms with E-state index in [0.717, 1.165) is 5.56 Å². The molecule has 0 aliphatic heterocycles. The van der Waals surface area contributed by atoms with Crippen molar-refractivity contribution in [1.82, 2.24) is 5.32 Å². The second kappa shape index (κ2) is 8.59. The lowest BCUT2D eigenvalue weighted by Crippen LogP contribution is -2.40. The molecule has 1 aromatic rings. The van der Waals surface area contributed by atoms with Crippen molar-refractivity contribution in [3.8, 4) is 5.75 Å². The molecular weight excluding hydrogens is 330 g/mol. The van der Waals surface area contributed by atoms with Gasteiger partial charge in [-0.05, 0) is 24.1 Å². The highest BCUT2D eigenvalue weighted by molar-refractivity contribution is 5.72. The van der Waals surface area contributed by atoms with Crippen molar-refractivity contribution in [3.63, 3.8) is 0 Å². The number of amides is 1. The number of rotatable bonds is 7. The Labute approximate surface area is 145 Å². The number of aliphatic hydroxyl groups is 5. The summed E-state index contributed by atoms with van der Waals surface area (Å²) in [5.41, 5.74) is 0.965. The number of ether oxygens (including phenoxy) is 1. The van der Waals surface area contributed by atoms with Crippen molar-refractivity contribution in [3.05, 3.63) is 29.8 Å². The van der Waals surface area contributed by atoms with Gasteiger partial charge in [0.25, 0.3) is 0 Å². The Morgan fingerprint density at radius 1 is 1.16 bits per heavy atom. The van der Waals surface area contributed by atoms with Crippen LogP contribution >= 0.6 is 0 Å². The molecule has 3 unspecified atom stereocenters. The molecule has 0 radical (unpaired) electrons. The molecule has 1 amide bonds. The lowest BCUT2D eigenvalue weighted by molar-refractivity contribution is -0.127. The van der Waals surface area contributed by atoms with Crippen LogP contribution in [0.15, 0.2) is 24.3 Å². The van der Waals surface area contributed by atoms with Gasteiger partial charge in [0, 0.05) is 19.4 Å². The summed E-state index contributed by atoms with van der Waals surface area (Å²) in [7, 11) is 0. The van der Waals surface area contributed by atoms with Gasteiger partial charge in [-0.1, -0.05) is 12.1 Å². The van der Waals surface area contributed by atoms with Crippen molar-refractivity contribution in [2.45, 2.75) is 37.9 Å². The molecule has 6 N–H and O–H groups in total. The Bertz CT molecular complexity index is 565. The summed E-state index contributed by atoms with van der Waals surface area (Å²) < 4.78 is 5.35. The van der Waals surface area contributed by atoms with E-state index in [9.17, 15) is 25.2 Å². The molecule has 1 aliphatic carbocycles. The Balaban J connectivity index is 1.94. The number of hydrogen-bond acceptors (Lipinski definition) is 7. The summed E-state index contributed by atoms with van der Waals surface area (Å²) in [6.07, 6.45) is -4.92. The molecule has 0 heterocycles. The van der Waals surface area contributed by atoms with E-state index in [4.69, 9.17) is 9.84 Å². The van der Waals surface area contributed by atoms with Crippen LogP contribution < -0.4 is 10.1 Å². The molecule has 8 nitrogen and oxygen atoms in total. The SMILES string of the molecule is CC(=O)NCCc1ccc(O[C@@H](O)C2C(O)[C@H](O)C(CO)[C@H]2O)cc1. The van der Waals surface area contributed by atoms with E-state index >= 15 is 0 Å². The van der Waals surface area contributed by atoms with Crippen LogP contribution in [0.4, 0.5) is 0 Å². The standard InChI is InChI=1S/C17H25NO7/c1-9(20)18-7-6-10-2-4-11(5-3-10)25-17(24)13-14(21)12(8-19)15(22)16(13)23/h2-5,12-17,19,21-24H,6-8H2,1H3,(H,18,20)/t12?,13?,14-,15-,16?,17-/m1/s1. The Hall–Kier alpha value is -1.71. The van der Waals surface area contributed by atoms with Gasteiger partial charge >= 0.3 is 0 Å². The van der Waals surface area contributed by atoms with Crippen molar-refractivity contribution in [2.75, 3.05) is 13.2 Å².